The zero-order chi connectivity index (χ0) is 32.9. The molecule has 0 aliphatic carbocycles. The number of fused-ring (bicyclic) bond motifs is 2. The Labute approximate surface area is 290 Å². The Hall–Kier alpha value is -3.41. The lowest BCUT2D eigenvalue weighted by molar-refractivity contribution is 0.0276. The van der Waals surface area contributed by atoms with E-state index in [9.17, 15) is 4.79 Å². The molecule has 0 amide bonds. The average Bonchev–Trinajstić information content (AvgIpc) is 3.53. The van der Waals surface area contributed by atoms with Crippen molar-refractivity contribution in [3.05, 3.63) is 138 Å². The SMILES string of the molecule is CCN(CC)c1ccc(C2(/C=C(\c3ccc(C)cc3)c3c(C)n(CC)c4ccccc34)OC(=O)c3c(Cl)c(Cl)c(Cl)c(Cl)c32)cc1. The van der Waals surface area contributed by atoms with E-state index in [1.807, 2.05) is 36.4 Å². The molecule has 1 atom stereocenters. The first-order valence-corrected chi connectivity index (χ1v) is 16.9. The highest BCUT2D eigenvalue weighted by molar-refractivity contribution is 6.53. The van der Waals surface area contributed by atoms with E-state index in [0.717, 1.165) is 64.2 Å². The minimum Gasteiger partial charge on any atom is -0.441 e. The summed E-state index contributed by atoms with van der Waals surface area (Å²) in [7, 11) is 0. The third kappa shape index (κ3) is 5.11. The van der Waals surface area contributed by atoms with Gasteiger partial charge in [0.25, 0.3) is 0 Å². The van der Waals surface area contributed by atoms with Crippen LogP contribution in [0.3, 0.4) is 0 Å². The molecule has 1 aromatic heterocycles. The van der Waals surface area contributed by atoms with Crippen molar-refractivity contribution in [3.63, 3.8) is 0 Å². The highest BCUT2D eigenvalue weighted by Gasteiger charge is 2.50. The van der Waals surface area contributed by atoms with Crippen LogP contribution in [0.2, 0.25) is 20.1 Å². The first-order chi connectivity index (χ1) is 22.1. The number of benzene rings is 4. The van der Waals surface area contributed by atoms with Crippen LogP contribution in [0.15, 0.2) is 78.9 Å². The molecule has 1 aliphatic rings. The topological polar surface area (TPSA) is 34.5 Å². The van der Waals surface area contributed by atoms with Gasteiger partial charge in [0.2, 0.25) is 0 Å². The number of anilines is 1. The van der Waals surface area contributed by atoms with Gasteiger partial charge in [-0.15, -0.1) is 0 Å². The normalized spacial score (nSPS) is 16.2. The second-order valence-electron chi connectivity index (χ2n) is 11.5. The van der Waals surface area contributed by atoms with Crippen LogP contribution in [-0.2, 0) is 16.9 Å². The van der Waals surface area contributed by atoms with Gasteiger partial charge in [-0.25, -0.2) is 4.79 Å². The number of carbonyl (C=O) groups excluding carboxylic acids is 1. The molecular weight excluding hydrogens is 658 g/mol. The van der Waals surface area contributed by atoms with E-state index in [1.165, 1.54) is 0 Å². The third-order valence-electron chi connectivity index (χ3n) is 9.05. The number of hydrogen-bond donors (Lipinski definition) is 0. The van der Waals surface area contributed by atoms with Crippen molar-refractivity contribution in [1.29, 1.82) is 0 Å². The number of rotatable bonds is 8. The van der Waals surface area contributed by atoms with Gasteiger partial charge in [-0.1, -0.05) is 107 Å². The molecule has 0 fully saturated rings. The Bertz CT molecular complexity index is 2010. The highest BCUT2D eigenvalue weighted by Crippen LogP contribution is 2.55. The zero-order valence-corrected chi connectivity index (χ0v) is 29.4. The second-order valence-corrected chi connectivity index (χ2v) is 13.0. The van der Waals surface area contributed by atoms with Crippen molar-refractivity contribution in [2.75, 3.05) is 18.0 Å². The third-order valence-corrected chi connectivity index (χ3v) is 10.8. The second kappa shape index (κ2) is 12.7. The van der Waals surface area contributed by atoms with Crippen LogP contribution in [0.5, 0.6) is 0 Å². The standard InChI is InChI=1S/C38H34Cl4N2O2/c1-6-43(7-2)26-19-17-25(18-20-26)38(32-31(37(45)46-38)33(39)35(41)36(42)34(32)40)21-28(24-15-13-22(4)14-16-24)30-23(5)44(8-3)29-12-10-9-11-27(29)30/h9-21H,6-8H2,1-5H3/b28-21+. The lowest BCUT2D eigenvalue weighted by atomic mass is 9.81. The summed E-state index contributed by atoms with van der Waals surface area (Å²) >= 11 is 27.0. The molecule has 0 saturated heterocycles. The molecule has 4 nitrogen and oxygen atoms in total. The lowest BCUT2D eigenvalue weighted by Crippen LogP contribution is -2.27. The van der Waals surface area contributed by atoms with Gasteiger partial charge in [-0.05, 0) is 70.0 Å². The number of hydrogen-bond acceptors (Lipinski definition) is 3. The van der Waals surface area contributed by atoms with Crippen LogP contribution < -0.4 is 4.90 Å². The molecule has 1 aliphatic heterocycles. The van der Waals surface area contributed by atoms with Gasteiger partial charge in [-0.3, -0.25) is 0 Å². The monoisotopic (exact) mass is 690 g/mol. The van der Waals surface area contributed by atoms with E-state index in [-0.39, 0.29) is 25.7 Å². The maximum Gasteiger partial charge on any atom is 0.341 e. The summed E-state index contributed by atoms with van der Waals surface area (Å²) in [5.74, 6) is -0.625. The summed E-state index contributed by atoms with van der Waals surface area (Å²) < 4.78 is 8.79. The Morgan fingerprint density at radius 1 is 0.826 bits per heavy atom. The molecule has 0 saturated carbocycles. The summed E-state index contributed by atoms with van der Waals surface area (Å²) in [6, 6.07) is 24.7. The van der Waals surface area contributed by atoms with Gasteiger partial charge in [0.05, 0.1) is 25.7 Å². The van der Waals surface area contributed by atoms with Crippen molar-refractivity contribution in [2.45, 2.75) is 46.8 Å². The molecule has 6 rings (SSSR count). The predicted molar refractivity (Wildman–Crippen MR) is 193 cm³/mol. The summed E-state index contributed by atoms with van der Waals surface area (Å²) in [6.45, 7) is 13.1. The van der Waals surface area contributed by atoms with Crippen LogP contribution in [0.4, 0.5) is 5.69 Å². The van der Waals surface area contributed by atoms with E-state index < -0.39 is 11.6 Å². The number of ether oxygens (including phenoxy) is 1. The van der Waals surface area contributed by atoms with Gasteiger partial charge in [-0.2, -0.15) is 0 Å². The van der Waals surface area contributed by atoms with Gasteiger partial charge >= 0.3 is 5.97 Å². The summed E-state index contributed by atoms with van der Waals surface area (Å²) in [6.07, 6.45) is 2.01. The maximum atomic E-state index is 13.9. The van der Waals surface area contributed by atoms with Gasteiger partial charge in [0.1, 0.15) is 0 Å². The Balaban J connectivity index is 1.76. The number of nitrogens with zero attached hydrogens (tertiary/aromatic N) is 2. The molecule has 2 heterocycles. The van der Waals surface area contributed by atoms with Crippen molar-refractivity contribution >= 4 is 74.5 Å². The highest BCUT2D eigenvalue weighted by atomic mass is 35.5. The minimum absolute atomic E-state index is 0.0151. The number of aromatic nitrogens is 1. The van der Waals surface area contributed by atoms with Gasteiger partial charge in [0, 0.05) is 58.6 Å². The molecule has 0 radical (unpaired) electrons. The molecule has 5 aromatic rings. The molecule has 0 N–H and O–H groups in total. The summed E-state index contributed by atoms with van der Waals surface area (Å²) in [5.41, 5.74) is 6.97. The van der Waals surface area contributed by atoms with E-state index in [0.29, 0.717) is 11.1 Å². The number of aryl methyl sites for hydroxylation is 2. The molecule has 236 valence electrons. The van der Waals surface area contributed by atoms with Crippen LogP contribution in [-0.4, -0.2) is 23.6 Å². The summed E-state index contributed by atoms with van der Waals surface area (Å²) in [5, 5.41) is 1.31. The molecule has 0 spiro atoms. The minimum atomic E-state index is -1.48. The fraction of sp³-hybridized carbons (Fsp3) is 0.237. The molecular formula is C38H34Cl4N2O2. The number of carbonyl (C=O) groups is 1. The van der Waals surface area contributed by atoms with E-state index in [2.05, 4.69) is 86.6 Å². The zero-order valence-electron chi connectivity index (χ0n) is 26.3. The van der Waals surface area contributed by atoms with E-state index in [1.54, 1.807) is 0 Å². The Kier molecular flexibility index (Phi) is 8.95. The Morgan fingerprint density at radius 3 is 2.09 bits per heavy atom. The quantitative estimate of drug-likeness (QED) is 0.0922. The largest absolute Gasteiger partial charge is 0.441 e. The van der Waals surface area contributed by atoms with Crippen molar-refractivity contribution in [1.82, 2.24) is 4.57 Å². The van der Waals surface area contributed by atoms with E-state index in [4.69, 9.17) is 51.1 Å². The molecule has 8 heteroatoms. The van der Waals surface area contributed by atoms with Gasteiger partial charge in [0.15, 0.2) is 5.60 Å². The number of halogens is 4. The predicted octanol–water partition coefficient (Wildman–Crippen LogP) is 11.3. The smallest absolute Gasteiger partial charge is 0.341 e. The number of cyclic esters (lactones) is 1. The van der Waals surface area contributed by atoms with Crippen molar-refractivity contribution in [2.24, 2.45) is 0 Å². The lowest BCUT2D eigenvalue weighted by Gasteiger charge is -2.30. The average molecular weight is 693 g/mol. The molecule has 0 bridgehead atoms. The van der Waals surface area contributed by atoms with Crippen LogP contribution in [0, 0.1) is 13.8 Å². The van der Waals surface area contributed by atoms with Crippen molar-refractivity contribution in [3.8, 4) is 0 Å². The van der Waals surface area contributed by atoms with Gasteiger partial charge < -0.3 is 14.2 Å². The summed E-state index contributed by atoms with van der Waals surface area (Å²) in [4.78, 5) is 16.1. The van der Waals surface area contributed by atoms with Crippen LogP contribution in [0.1, 0.15) is 64.6 Å². The van der Waals surface area contributed by atoms with E-state index >= 15 is 0 Å². The molecule has 46 heavy (non-hydrogen) atoms. The number of esters is 1. The molecule has 1 unspecified atom stereocenters. The fourth-order valence-electron chi connectivity index (χ4n) is 6.73. The van der Waals surface area contributed by atoms with Crippen LogP contribution >= 0.6 is 46.4 Å². The van der Waals surface area contributed by atoms with Crippen LogP contribution in [0.25, 0.3) is 16.5 Å². The Morgan fingerprint density at radius 2 is 1.46 bits per heavy atom. The first-order valence-electron chi connectivity index (χ1n) is 15.4. The molecule has 4 aromatic carbocycles. The number of para-hydroxylation sites is 1. The van der Waals surface area contributed by atoms with Crippen molar-refractivity contribution < 1.29 is 9.53 Å². The maximum absolute atomic E-state index is 13.9. The fourth-order valence-corrected chi connectivity index (χ4v) is 7.80. The first kappa shape index (κ1) is 32.5.